The van der Waals surface area contributed by atoms with Gasteiger partial charge in [-0.25, -0.2) is 0 Å². The molecule has 3 heterocycles. The quantitative estimate of drug-likeness (QED) is 0.852. The van der Waals surface area contributed by atoms with Crippen molar-refractivity contribution in [2.24, 2.45) is 0 Å². The number of hydrogen-bond acceptors (Lipinski definition) is 3. The summed E-state index contributed by atoms with van der Waals surface area (Å²) in [5.41, 5.74) is 1.37. The van der Waals surface area contributed by atoms with E-state index in [1.807, 2.05) is 0 Å². The maximum Gasteiger partial charge on any atom is 0.252 e. The number of benzene rings is 1. The molecule has 3 atom stereocenters. The van der Waals surface area contributed by atoms with E-state index in [0.29, 0.717) is 12.1 Å². The molecule has 1 amide bonds. The van der Waals surface area contributed by atoms with Crippen LogP contribution in [0.15, 0.2) is 30.3 Å². The van der Waals surface area contributed by atoms with Gasteiger partial charge in [0.2, 0.25) is 0 Å². The summed E-state index contributed by atoms with van der Waals surface area (Å²) in [5, 5.41) is 0. The predicted octanol–water partition coefficient (Wildman–Crippen LogP) is 2.82. The summed E-state index contributed by atoms with van der Waals surface area (Å²) in [4.78, 5) is 17.6. The first-order valence-corrected chi connectivity index (χ1v) is 9.53. The van der Waals surface area contributed by atoms with E-state index >= 15 is 0 Å². The van der Waals surface area contributed by atoms with Gasteiger partial charge in [0.05, 0.1) is 0 Å². The number of hydrogen-bond donors (Lipinski definition) is 0. The number of ether oxygens (including phenoxy) is 1. The lowest BCUT2D eigenvalue weighted by Crippen LogP contribution is -2.50. The molecule has 0 radical (unpaired) electrons. The van der Waals surface area contributed by atoms with Crippen molar-refractivity contribution in [3.05, 3.63) is 35.9 Å². The molecule has 0 saturated carbocycles. The molecular weight excluding hydrogens is 300 g/mol. The van der Waals surface area contributed by atoms with Crippen LogP contribution >= 0.6 is 0 Å². The van der Waals surface area contributed by atoms with Gasteiger partial charge >= 0.3 is 0 Å². The second kappa shape index (κ2) is 7.24. The second-order valence-electron chi connectivity index (χ2n) is 7.41. The highest BCUT2D eigenvalue weighted by Gasteiger charge is 2.41. The minimum absolute atomic E-state index is 0.172. The SMILES string of the molecule is O=C(C1CCCO1)N1CCCC1C1CCCN1Cc1ccccc1. The van der Waals surface area contributed by atoms with E-state index in [4.69, 9.17) is 4.74 Å². The van der Waals surface area contributed by atoms with Crippen molar-refractivity contribution in [2.75, 3.05) is 19.7 Å². The molecular formula is C20H28N2O2. The van der Waals surface area contributed by atoms with E-state index in [1.165, 1.54) is 18.4 Å². The Balaban J connectivity index is 1.45. The van der Waals surface area contributed by atoms with Crippen LogP contribution in [0.25, 0.3) is 0 Å². The van der Waals surface area contributed by atoms with Crippen molar-refractivity contribution in [3.8, 4) is 0 Å². The van der Waals surface area contributed by atoms with Crippen LogP contribution in [0.3, 0.4) is 0 Å². The van der Waals surface area contributed by atoms with Crippen molar-refractivity contribution in [1.29, 1.82) is 0 Å². The van der Waals surface area contributed by atoms with Gasteiger partial charge in [0.15, 0.2) is 0 Å². The van der Waals surface area contributed by atoms with Crippen LogP contribution in [0.1, 0.15) is 44.1 Å². The van der Waals surface area contributed by atoms with Gasteiger partial charge in [0.1, 0.15) is 6.10 Å². The highest BCUT2D eigenvalue weighted by molar-refractivity contribution is 5.81. The van der Waals surface area contributed by atoms with Gasteiger partial charge in [-0.1, -0.05) is 30.3 Å². The normalized spacial score (nSPS) is 31.0. The van der Waals surface area contributed by atoms with Gasteiger partial charge < -0.3 is 9.64 Å². The summed E-state index contributed by atoms with van der Waals surface area (Å²) in [6.07, 6.45) is 6.50. The standard InChI is InChI=1S/C20H28N2O2/c23-20(19-11-6-14-24-19)22-13-5-10-18(22)17-9-4-12-21(17)15-16-7-2-1-3-8-16/h1-3,7-8,17-19H,4-6,9-15H2. The highest BCUT2D eigenvalue weighted by atomic mass is 16.5. The lowest BCUT2D eigenvalue weighted by atomic mass is 10.0. The zero-order valence-corrected chi connectivity index (χ0v) is 14.4. The van der Waals surface area contributed by atoms with Gasteiger partial charge in [-0.3, -0.25) is 9.69 Å². The Kier molecular flexibility index (Phi) is 4.86. The molecule has 1 aromatic carbocycles. The molecule has 4 heteroatoms. The van der Waals surface area contributed by atoms with E-state index in [9.17, 15) is 4.79 Å². The molecule has 130 valence electrons. The molecule has 0 aromatic heterocycles. The lowest BCUT2D eigenvalue weighted by molar-refractivity contribution is -0.142. The number of likely N-dealkylation sites (tertiary alicyclic amines) is 2. The summed E-state index contributed by atoms with van der Waals surface area (Å²) in [6, 6.07) is 11.6. The van der Waals surface area contributed by atoms with E-state index < -0.39 is 0 Å². The zero-order valence-electron chi connectivity index (χ0n) is 14.4. The van der Waals surface area contributed by atoms with Crippen molar-refractivity contribution in [2.45, 2.75) is 63.3 Å². The van der Waals surface area contributed by atoms with Crippen LogP contribution in [0.2, 0.25) is 0 Å². The number of carbonyl (C=O) groups is 1. The van der Waals surface area contributed by atoms with Crippen molar-refractivity contribution in [3.63, 3.8) is 0 Å². The number of rotatable bonds is 4. The molecule has 4 nitrogen and oxygen atoms in total. The molecule has 3 aliphatic heterocycles. The third kappa shape index (κ3) is 3.22. The molecule has 0 spiro atoms. The number of nitrogens with zero attached hydrogens (tertiary/aromatic N) is 2. The number of amides is 1. The Labute approximate surface area is 144 Å². The molecule has 0 aliphatic carbocycles. The van der Waals surface area contributed by atoms with Crippen LogP contribution in [0.4, 0.5) is 0 Å². The zero-order chi connectivity index (χ0) is 16.4. The Hall–Kier alpha value is -1.39. The van der Waals surface area contributed by atoms with E-state index in [0.717, 1.165) is 51.9 Å². The molecule has 3 saturated heterocycles. The Morgan fingerprint density at radius 1 is 1.00 bits per heavy atom. The topological polar surface area (TPSA) is 32.8 Å². The molecule has 24 heavy (non-hydrogen) atoms. The van der Waals surface area contributed by atoms with Crippen molar-refractivity contribution < 1.29 is 9.53 Å². The monoisotopic (exact) mass is 328 g/mol. The lowest BCUT2D eigenvalue weighted by Gasteiger charge is -2.36. The first kappa shape index (κ1) is 16.1. The summed E-state index contributed by atoms with van der Waals surface area (Å²) in [5.74, 6) is 0.251. The van der Waals surface area contributed by atoms with Gasteiger partial charge in [0, 0.05) is 31.8 Å². The van der Waals surface area contributed by atoms with Gasteiger partial charge in [-0.15, -0.1) is 0 Å². The summed E-state index contributed by atoms with van der Waals surface area (Å²) < 4.78 is 5.66. The van der Waals surface area contributed by atoms with E-state index in [1.54, 1.807) is 0 Å². The smallest absolute Gasteiger partial charge is 0.252 e. The second-order valence-corrected chi connectivity index (χ2v) is 7.41. The predicted molar refractivity (Wildman–Crippen MR) is 93.6 cm³/mol. The van der Waals surface area contributed by atoms with Crippen LogP contribution < -0.4 is 0 Å². The highest BCUT2D eigenvalue weighted by Crippen LogP contribution is 2.32. The summed E-state index contributed by atoms with van der Waals surface area (Å²) in [7, 11) is 0. The van der Waals surface area contributed by atoms with Gasteiger partial charge in [0.25, 0.3) is 5.91 Å². The molecule has 3 aliphatic rings. The first-order valence-electron chi connectivity index (χ1n) is 9.53. The third-order valence-electron chi connectivity index (χ3n) is 5.87. The minimum Gasteiger partial charge on any atom is -0.368 e. The maximum absolute atomic E-state index is 12.9. The Morgan fingerprint density at radius 2 is 1.79 bits per heavy atom. The molecule has 0 N–H and O–H groups in total. The molecule has 1 aromatic rings. The van der Waals surface area contributed by atoms with Crippen LogP contribution in [-0.4, -0.2) is 53.6 Å². The van der Waals surface area contributed by atoms with Crippen molar-refractivity contribution in [1.82, 2.24) is 9.80 Å². The van der Waals surface area contributed by atoms with Crippen molar-refractivity contribution >= 4 is 5.91 Å². The van der Waals surface area contributed by atoms with Crippen LogP contribution in [0, 0.1) is 0 Å². The first-order chi connectivity index (χ1) is 11.8. The third-order valence-corrected chi connectivity index (χ3v) is 5.87. The van der Waals surface area contributed by atoms with Gasteiger partial charge in [-0.05, 0) is 50.6 Å². The largest absolute Gasteiger partial charge is 0.368 e. The molecule has 0 bridgehead atoms. The van der Waals surface area contributed by atoms with E-state index in [-0.39, 0.29) is 12.0 Å². The molecule has 3 fully saturated rings. The molecule has 4 rings (SSSR count). The van der Waals surface area contributed by atoms with Crippen LogP contribution in [0.5, 0.6) is 0 Å². The Morgan fingerprint density at radius 3 is 2.58 bits per heavy atom. The summed E-state index contributed by atoms with van der Waals surface area (Å²) in [6.45, 7) is 3.82. The number of carbonyl (C=O) groups excluding carboxylic acids is 1. The Bertz CT molecular complexity index is 556. The summed E-state index contributed by atoms with van der Waals surface area (Å²) >= 11 is 0. The average molecular weight is 328 g/mol. The fourth-order valence-corrected chi connectivity index (χ4v) is 4.73. The van der Waals surface area contributed by atoms with Crippen LogP contribution in [-0.2, 0) is 16.1 Å². The molecule has 3 unspecified atom stereocenters. The maximum atomic E-state index is 12.9. The fraction of sp³-hybridized carbons (Fsp3) is 0.650. The van der Waals surface area contributed by atoms with Gasteiger partial charge in [-0.2, -0.15) is 0 Å². The average Bonchev–Trinajstić information content (AvgIpc) is 3.36. The minimum atomic E-state index is -0.172. The fourth-order valence-electron chi connectivity index (χ4n) is 4.73. The van der Waals surface area contributed by atoms with E-state index in [2.05, 4.69) is 40.1 Å².